The standard InChI is InChI=1S/C19H21FN2O4/c1-25-19(24)16-7-12-26-17(16)13-21-8-2-9-22(11-10-21)18(23)14-3-5-15(20)6-4-14/h3-7,12H,2,8-11,13H2,1H3. The Hall–Kier alpha value is -2.67. The van der Waals surface area contributed by atoms with Crippen LogP contribution in [0.2, 0.25) is 0 Å². The number of carbonyl (C=O) groups excluding carboxylic acids is 2. The maximum atomic E-state index is 13.0. The number of esters is 1. The predicted octanol–water partition coefficient (Wildman–Crippen LogP) is 2.55. The van der Waals surface area contributed by atoms with Crippen molar-refractivity contribution < 1.29 is 23.1 Å². The molecule has 1 aromatic carbocycles. The number of methoxy groups -OCH3 is 1. The van der Waals surface area contributed by atoms with E-state index in [4.69, 9.17) is 9.15 Å². The molecule has 0 unspecified atom stereocenters. The quantitative estimate of drug-likeness (QED) is 0.784. The summed E-state index contributed by atoms with van der Waals surface area (Å²) in [5.41, 5.74) is 0.912. The molecule has 0 saturated carbocycles. The van der Waals surface area contributed by atoms with Crippen molar-refractivity contribution in [2.45, 2.75) is 13.0 Å². The number of carbonyl (C=O) groups is 2. The molecule has 1 aliphatic heterocycles. The lowest BCUT2D eigenvalue weighted by Gasteiger charge is -2.21. The van der Waals surface area contributed by atoms with Gasteiger partial charge in [0.2, 0.25) is 0 Å². The van der Waals surface area contributed by atoms with Crippen molar-refractivity contribution in [1.82, 2.24) is 9.80 Å². The van der Waals surface area contributed by atoms with Crippen molar-refractivity contribution in [1.29, 1.82) is 0 Å². The van der Waals surface area contributed by atoms with Gasteiger partial charge in [-0.3, -0.25) is 9.69 Å². The Labute approximate surface area is 151 Å². The molecule has 7 heteroatoms. The van der Waals surface area contributed by atoms with Crippen LogP contribution in [0.15, 0.2) is 41.0 Å². The summed E-state index contributed by atoms with van der Waals surface area (Å²) in [6, 6.07) is 7.20. The number of nitrogens with zero attached hydrogens (tertiary/aromatic N) is 2. The Kier molecular flexibility index (Phi) is 5.68. The molecule has 2 heterocycles. The van der Waals surface area contributed by atoms with Gasteiger partial charge in [-0.1, -0.05) is 0 Å². The highest BCUT2D eigenvalue weighted by Gasteiger charge is 2.23. The minimum Gasteiger partial charge on any atom is -0.467 e. The first-order chi connectivity index (χ1) is 12.6. The van der Waals surface area contributed by atoms with Gasteiger partial charge in [0.15, 0.2) is 0 Å². The number of furan rings is 1. The lowest BCUT2D eigenvalue weighted by Crippen LogP contribution is -2.35. The third-order valence-corrected chi connectivity index (χ3v) is 4.48. The summed E-state index contributed by atoms with van der Waals surface area (Å²) in [5, 5.41) is 0. The summed E-state index contributed by atoms with van der Waals surface area (Å²) in [6.45, 7) is 3.12. The molecule has 1 aromatic heterocycles. The fourth-order valence-corrected chi connectivity index (χ4v) is 3.07. The molecule has 26 heavy (non-hydrogen) atoms. The fourth-order valence-electron chi connectivity index (χ4n) is 3.07. The summed E-state index contributed by atoms with van der Waals surface area (Å²) in [7, 11) is 1.34. The maximum Gasteiger partial charge on any atom is 0.341 e. The van der Waals surface area contributed by atoms with Gasteiger partial charge >= 0.3 is 5.97 Å². The van der Waals surface area contributed by atoms with E-state index < -0.39 is 5.97 Å². The molecule has 0 radical (unpaired) electrons. The molecule has 1 fully saturated rings. The second-order valence-corrected chi connectivity index (χ2v) is 6.18. The molecule has 0 bridgehead atoms. The number of amides is 1. The van der Waals surface area contributed by atoms with Crippen molar-refractivity contribution >= 4 is 11.9 Å². The van der Waals surface area contributed by atoms with Gasteiger partial charge in [-0.2, -0.15) is 0 Å². The van der Waals surface area contributed by atoms with E-state index in [1.165, 1.54) is 37.6 Å². The van der Waals surface area contributed by atoms with Crippen LogP contribution in [0, 0.1) is 5.82 Å². The van der Waals surface area contributed by atoms with Gasteiger partial charge in [0, 0.05) is 31.7 Å². The summed E-state index contributed by atoms with van der Waals surface area (Å²) in [5.74, 6) is -0.310. The average molecular weight is 360 g/mol. The molecule has 0 aliphatic carbocycles. The number of benzene rings is 1. The predicted molar refractivity (Wildman–Crippen MR) is 92.2 cm³/mol. The van der Waals surface area contributed by atoms with Crippen LogP contribution in [0.25, 0.3) is 0 Å². The van der Waals surface area contributed by atoms with E-state index in [9.17, 15) is 14.0 Å². The van der Waals surface area contributed by atoms with Crippen molar-refractivity contribution in [2.24, 2.45) is 0 Å². The first-order valence-corrected chi connectivity index (χ1v) is 8.50. The smallest absolute Gasteiger partial charge is 0.341 e. The molecule has 6 nitrogen and oxygen atoms in total. The SMILES string of the molecule is COC(=O)c1ccoc1CN1CCCN(C(=O)c2ccc(F)cc2)CC1. The molecule has 0 N–H and O–H groups in total. The highest BCUT2D eigenvalue weighted by molar-refractivity contribution is 5.94. The van der Waals surface area contributed by atoms with E-state index in [0.717, 1.165) is 13.0 Å². The number of rotatable bonds is 4. The van der Waals surface area contributed by atoms with E-state index in [-0.39, 0.29) is 11.7 Å². The molecular weight excluding hydrogens is 339 g/mol. The van der Waals surface area contributed by atoms with Crippen LogP contribution in [-0.2, 0) is 11.3 Å². The highest BCUT2D eigenvalue weighted by atomic mass is 19.1. The first-order valence-electron chi connectivity index (χ1n) is 8.50. The van der Waals surface area contributed by atoms with E-state index in [1.54, 1.807) is 11.0 Å². The minimum atomic E-state index is -0.420. The van der Waals surface area contributed by atoms with Gasteiger partial charge in [0.05, 0.1) is 19.9 Å². The van der Waals surface area contributed by atoms with E-state index >= 15 is 0 Å². The summed E-state index contributed by atoms with van der Waals surface area (Å²) in [4.78, 5) is 28.2. The van der Waals surface area contributed by atoms with Gasteiger partial charge in [-0.05, 0) is 36.8 Å². The summed E-state index contributed by atoms with van der Waals surface area (Å²) in [6.07, 6.45) is 2.28. The monoisotopic (exact) mass is 360 g/mol. The zero-order valence-electron chi connectivity index (χ0n) is 14.6. The largest absolute Gasteiger partial charge is 0.467 e. The highest BCUT2D eigenvalue weighted by Crippen LogP contribution is 2.17. The van der Waals surface area contributed by atoms with Crippen LogP contribution >= 0.6 is 0 Å². The molecule has 0 atom stereocenters. The van der Waals surface area contributed by atoms with Gasteiger partial charge in [-0.15, -0.1) is 0 Å². The minimum absolute atomic E-state index is 0.0971. The molecule has 0 spiro atoms. The van der Waals surface area contributed by atoms with Crippen LogP contribution in [-0.4, -0.2) is 55.0 Å². The van der Waals surface area contributed by atoms with Gasteiger partial charge < -0.3 is 14.1 Å². The molecule has 2 aromatic rings. The van der Waals surface area contributed by atoms with E-state index in [1.807, 2.05) is 0 Å². The third-order valence-electron chi connectivity index (χ3n) is 4.48. The van der Waals surface area contributed by atoms with Crippen LogP contribution in [0.5, 0.6) is 0 Å². The van der Waals surface area contributed by atoms with Crippen LogP contribution in [0.3, 0.4) is 0 Å². The van der Waals surface area contributed by atoms with Crippen LogP contribution in [0.1, 0.15) is 32.9 Å². The van der Waals surface area contributed by atoms with Gasteiger partial charge in [0.25, 0.3) is 5.91 Å². The Morgan fingerprint density at radius 1 is 1.12 bits per heavy atom. The lowest BCUT2D eigenvalue weighted by molar-refractivity contribution is 0.0596. The first kappa shape index (κ1) is 18.1. The molecule has 1 aliphatic rings. The zero-order chi connectivity index (χ0) is 18.5. The zero-order valence-corrected chi connectivity index (χ0v) is 14.6. The fraction of sp³-hybridized carbons (Fsp3) is 0.368. The molecule has 3 rings (SSSR count). The number of ether oxygens (including phenoxy) is 1. The topological polar surface area (TPSA) is 63.0 Å². The average Bonchev–Trinajstić information content (AvgIpc) is 2.98. The second kappa shape index (κ2) is 8.14. The van der Waals surface area contributed by atoms with E-state index in [0.29, 0.717) is 43.1 Å². The van der Waals surface area contributed by atoms with Crippen molar-refractivity contribution in [3.8, 4) is 0 Å². The summed E-state index contributed by atoms with van der Waals surface area (Å²) < 4.78 is 23.2. The maximum absolute atomic E-state index is 13.0. The normalized spacial score (nSPS) is 15.5. The molecule has 1 amide bonds. The number of hydrogen-bond acceptors (Lipinski definition) is 5. The van der Waals surface area contributed by atoms with Gasteiger partial charge in [-0.25, -0.2) is 9.18 Å². The Balaban J connectivity index is 1.62. The van der Waals surface area contributed by atoms with E-state index in [2.05, 4.69) is 4.90 Å². The molecule has 1 saturated heterocycles. The summed E-state index contributed by atoms with van der Waals surface area (Å²) >= 11 is 0. The van der Waals surface area contributed by atoms with Crippen molar-refractivity contribution in [3.63, 3.8) is 0 Å². The second-order valence-electron chi connectivity index (χ2n) is 6.18. The van der Waals surface area contributed by atoms with Crippen LogP contribution in [0.4, 0.5) is 4.39 Å². The third kappa shape index (κ3) is 4.11. The van der Waals surface area contributed by atoms with Crippen LogP contribution < -0.4 is 0 Å². The lowest BCUT2D eigenvalue weighted by atomic mass is 10.2. The Bertz CT molecular complexity index is 772. The molecular formula is C19H21FN2O4. The number of halogens is 1. The van der Waals surface area contributed by atoms with Crippen molar-refractivity contribution in [3.05, 3.63) is 59.3 Å². The van der Waals surface area contributed by atoms with Crippen molar-refractivity contribution in [2.75, 3.05) is 33.3 Å². The Morgan fingerprint density at radius 2 is 1.88 bits per heavy atom. The number of hydrogen-bond donors (Lipinski definition) is 0. The molecule has 138 valence electrons. The van der Waals surface area contributed by atoms with Gasteiger partial charge in [0.1, 0.15) is 17.1 Å². The Morgan fingerprint density at radius 3 is 2.62 bits per heavy atom.